The molecule has 0 saturated heterocycles. The molecule has 7 nitrogen and oxygen atoms in total. The van der Waals surface area contributed by atoms with Gasteiger partial charge in [-0.1, -0.05) is 25.6 Å². The summed E-state index contributed by atoms with van der Waals surface area (Å²) in [5.41, 5.74) is 0.445. The van der Waals surface area contributed by atoms with Crippen LogP contribution in [0.15, 0.2) is 28.3 Å². The molecule has 0 spiro atoms. The Labute approximate surface area is 125 Å². The van der Waals surface area contributed by atoms with Gasteiger partial charge in [-0.2, -0.15) is 0 Å². The molecule has 0 aliphatic rings. The van der Waals surface area contributed by atoms with E-state index in [1.165, 1.54) is 6.07 Å². The van der Waals surface area contributed by atoms with Gasteiger partial charge in [0.2, 0.25) is 5.56 Å². The lowest BCUT2D eigenvalue weighted by Crippen LogP contribution is -2.10. The maximum absolute atomic E-state index is 11.4. The second-order valence-electron chi connectivity index (χ2n) is 4.93. The van der Waals surface area contributed by atoms with E-state index in [-0.39, 0.29) is 11.3 Å². The van der Waals surface area contributed by atoms with Crippen molar-refractivity contribution >= 4 is 17.7 Å². The average Bonchev–Trinajstić information content (AvgIpc) is 2.78. The summed E-state index contributed by atoms with van der Waals surface area (Å²) in [6.07, 6.45) is 1.55. The number of hydrogen-bond acceptors (Lipinski definition) is 5. The Kier molecular flexibility index (Phi) is 4.79. The highest BCUT2D eigenvalue weighted by Gasteiger charge is 2.16. The van der Waals surface area contributed by atoms with Gasteiger partial charge in [-0.25, -0.2) is 0 Å². The van der Waals surface area contributed by atoms with E-state index in [2.05, 4.69) is 15.2 Å². The minimum Gasteiger partial charge on any atom is -0.481 e. The zero-order valence-corrected chi connectivity index (χ0v) is 12.6. The highest BCUT2D eigenvalue weighted by atomic mass is 32.2. The van der Waals surface area contributed by atoms with Crippen LogP contribution in [0, 0.1) is 5.92 Å². The molecule has 0 atom stereocenters. The zero-order valence-electron chi connectivity index (χ0n) is 11.7. The van der Waals surface area contributed by atoms with Gasteiger partial charge in [0.1, 0.15) is 0 Å². The summed E-state index contributed by atoms with van der Waals surface area (Å²) < 4.78 is 1.85. The lowest BCUT2D eigenvalue weighted by atomic mass is 10.2. The number of aromatic nitrogens is 4. The van der Waals surface area contributed by atoms with Gasteiger partial charge in [-0.15, -0.1) is 10.2 Å². The van der Waals surface area contributed by atoms with Gasteiger partial charge in [0, 0.05) is 24.4 Å². The Hall–Kier alpha value is -2.09. The van der Waals surface area contributed by atoms with Crippen LogP contribution in [0.5, 0.6) is 0 Å². The third-order valence-corrected chi connectivity index (χ3v) is 3.57. The topological polar surface area (TPSA) is 101 Å². The van der Waals surface area contributed by atoms with Gasteiger partial charge in [0.25, 0.3) is 0 Å². The van der Waals surface area contributed by atoms with Gasteiger partial charge >= 0.3 is 5.97 Å². The number of thioether (sulfide) groups is 1. The Morgan fingerprint density at radius 2 is 2.24 bits per heavy atom. The summed E-state index contributed by atoms with van der Waals surface area (Å²) in [7, 11) is 0. The molecule has 8 heteroatoms. The van der Waals surface area contributed by atoms with Gasteiger partial charge < -0.3 is 14.7 Å². The number of aliphatic carboxylic acids is 1. The van der Waals surface area contributed by atoms with Crippen LogP contribution in [0.25, 0.3) is 11.4 Å². The Morgan fingerprint density at radius 1 is 1.48 bits per heavy atom. The van der Waals surface area contributed by atoms with Crippen molar-refractivity contribution in [2.45, 2.75) is 25.5 Å². The van der Waals surface area contributed by atoms with Crippen molar-refractivity contribution in [2.24, 2.45) is 5.92 Å². The Bertz CT molecular complexity index is 693. The lowest BCUT2D eigenvalue weighted by molar-refractivity contribution is -0.133. The first-order chi connectivity index (χ1) is 9.97. The van der Waals surface area contributed by atoms with Crippen LogP contribution in [0.1, 0.15) is 13.8 Å². The molecule has 112 valence electrons. The number of carboxylic acids is 1. The quantitative estimate of drug-likeness (QED) is 0.784. The van der Waals surface area contributed by atoms with E-state index in [1.807, 2.05) is 18.4 Å². The first-order valence-corrected chi connectivity index (χ1v) is 7.43. The average molecular weight is 308 g/mol. The van der Waals surface area contributed by atoms with E-state index < -0.39 is 5.97 Å². The molecule has 2 aromatic heterocycles. The number of hydrogen-bond donors (Lipinski definition) is 2. The van der Waals surface area contributed by atoms with Crippen molar-refractivity contribution in [1.82, 2.24) is 19.7 Å². The molecule has 0 amide bonds. The highest BCUT2D eigenvalue weighted by Crippen LogP contribution is 2.24. The van der Waals surface area contributed by atoms with E-state index in [0.717, 1.165) is 11.8 Å². The molecule has 0 unspecified atom stereocenters. The normalized spacial score (nSPS) is 11.0. The lowest BCUT2D eigenvalue weighted by Gasteiger charge is -2.11. The number of carboxylic acid groups (broad SMARTS) is 1. The van der Waals surface area contributed by atoms with Gasteiger partial charge in [-0.3, -0.25) is 9.59 Å². The molecule has 0 radical (unpaired) electrons. The number of H-pyrrole nitrogens is 1. The molecule has 2 N–H and O–H groups in total. The molecule has 0 aromatic carbocycles. The Balaban J connectivity index is 2.40. The third-order valence-electron chi connectivity index (χ3n) is 2.62. The molecule has 0 saturated carbocycles. The third kappa shape index (κ3) is 3.94. The maximum Gasteiger partial charge on any atom is 0.313 e. The molecule has 2 rings (SSSR count). The predicted molar refractivity (Wildman–Crippen MR) is 79.3 cm³/mol. The van der Waals surface area contributed by atoms with E-state index in [9.17, 15) is 9.59 Å². The summed E-state index contributed by atoms with van der Waals surface area (Å²) in [5, 5.41) is 17.5. The van der Waals surface area contributed by atoms with Crippen molar-refractivity contribution in [3.05, 3.63) is 28.7 Å². The molecule has 0 aliphatic heterocycles. The van der Waals surface area contributed by atoms with Crippen molar-refractivity contribution in [3.63, 3.8) is 0 Å². The largest absolute Gasteiger partial charge is 0.481 e. The van der Waals surface area contributed by atoms with E-state index in [4.69, 9.17) is 5.11 Å². The summed E-state index contributed by atoms with van der Waals surface area (Å²) in [5.74, 6) is -0.0728. The van der Waals surface area contributed by atoms with Crippen molar-refractivity contribution in [3.8, 4) is 11.4 Å². The summed E-state index contributed by atoms with van der Waals surface area (Å²) in [4.78, 5) is 24.7. The maximum atomic E-state index is 11.4. The number of carbonyl (C=O) groups is 1. The highest BCUT2D eigenvalue weighted by molar-refractivity contribution is 7.99. The fraction of sp³-hybridized carbons (Fsp3) is 0.385. The summed E-state index contributed by atoms with van der Waals surface area (Å²) in [6, 6.07) is 3.19. The first-order valence-electron chi connectivity index (χ1n) is 6.44. The van der Waals surface area contributed by atoms with Crippen LogP contribution >= 0.6 is 11.8 Å². The zero-order chi connectivity index (χ0) is 15.4. The smallest absolute Gasteiger partial charge is 0.313 e. The van der Waals surface area contributed by atoms with Gasteiger partial charge in [-0.05, 0) is 12.0 Å². The Morgan fingerprint density at radius 3 is 2.86 bits per heavy atom. The van der Waals surface area contributed by atoms with Crippen LogP contribution in [-0.4, -0.2) is 36.6 Å². The van der Waals surface area contributed by atoms with Crippen LogP contribution < -0.4 is 5.56 Å². The standard InChI is InChI=1S/C13H16N4O3S/c1-8(2)6-17-12(9-3-4-14-10(18)5-9)15-16-13(17)21-7-11(19)20/h3-5,8H,6-7H2,1-2H3,(H,14,18)(H,19,20). The van der Waals surface area contributed by atoms with Gasteiger partial charge in [0.15, 0.2) is 11.0 Å². The van der Waals surface area contributed by atoms with Crippen LogP contribution in [0.3, 0.4) is 0 Å². The van der Waals surface area contributed by atoms with E-state index in [0.29, 0.717) is 29.0 Å². The predicted octanol–water partition coefficient (Wildman–Crippen LogP) is 1.47. The van der Waals surface area contributed by atoms with Crippen LogP contribution in [-0.2, 0) is 11.3 Å². The second-order valence-corrected chi connectivity index (χ2v) is 5.88. The monoisotopic (exact) mass is 308 g/mol. The fourth-order valence-electron chi connectivity index (χ4n) is 1.85. The molecule has 2 heterocycles. The number of nitrogens with zero attached hydrogens (tertiary/aromatic N) is 3. The molecule has 0 fully saturated rings. The number of aromatic amines is 1. The molecule has 0 bridgehead atoms. The van der Waals surface area contributed by atoms with E-state index in [1.54, 1.807) is 12.3 Å². The second kappa shape index (κ2) is 6.57. The first kappa shape index (κ1) is 15.3. The molecule has 0 aliphatic carbocycles. The number of nitrogens with one attached hydrogen (secondary N) is 1. The fourth-order valence-corrected chi connectivity index (χ4v) is 2.52. The molecule has 2 aromatic rings. The minimum atomic E-state index is -0.906. The molecular weight excluding hydrogens is 292 g/mol. The summed E-state index contributed by atoms with van der Waals surface area (Å²) in [6.45, 7) is 4.75. The van der Waals surface area contributed by atoms with Crippen LogP contribution in [0.4, 0.5) is 0 Å². The SMILES string of the molecule is CC(C)Cn1c(SCC(=O)O)nnc1-c1cc[nH]c(=O)c1. The molecular formula is C13H16N4O3S. The van der Waals surface area contributed by atoms with Crippen LogP contribution in [0.2, 0.25) is 0 Å². The number of pyridine rings is 1. The number of rotatable bonds is 6. The van der Waals surface area contributed by atoms with Crippen molar-refractivity contribution < 1.29 is 9.90 Å². The van der Waals surface area contributed by atoms with Crippen molar-refractivity contribution in [1.29, 1.82) is 0 Å². The van der Waals surface area contributed by atoms with Crippen molar-refractivity contribution in [2.75, 3.05) is 5.75 Å². The molecule has 21 heavy (non-hydrogen) atoms. The van der Waals surface area contributed by atoms with Gasteiger partial charge in [0.05, 0.1) is 5.75 Å². The summed E-state index contributed by atoms with van der Waals surface area (Å²) >= 11 is 1.12. The minimum absolute atomic E-state index is 0.0778. The van der Waals surface area contributed by atoms with E-state index >= 15 is 0 Å².